The van der Waals surface area contributed by atoms with Crippen molar-refractivity contribution >= 4 is 23.5 Å². The van der Waals surface area contributed by atoms with Crippen molar-refractivity contribution in [1.82, 2.24) is 0 Å². The molecule has 2 atom stereocenters. The molecule has 0 saturated carbocycles. The quantitative estimate of drug-likeness (QED) is 0.735. The molecule has 1 amide bonds. The lowest BCUT2D eigenvalue weighted by Crippen LogP contribution is -2.35. The fourth-order valence-electron chi connectivity index (χ4n) is 2.38. The second-order valence-electron chi connectivity index (χ2n) is 4.83. The number of benzene rings is 1. The first-order valence-corrected chi connectivity index (χ1v) is 6.51. The van der Waals surface area contributed by atoms with Gasteiger partial charge in [0.25, 0.3) is 0 Å². The van der Waals surface area contributed by atoms with Crippen molar-refractivity contribution in [1.29, 1.82) is 0 Å². The van der Waals surface area contributed by atoms with Gasteiger partial charge in [0.05, 0.1) is 23.1 Å². The molecule has 1 aliphatic rings. The first-order chi connectivity index (χ1) is 10.0. The summed E-state index contributed by atoms with van der Waals surface area (Å²) in [6.45, 7) is 0. The second-order valence-corrected chi connectivity index (χ2v) is 4.83. The molecule has 0 radical (unpaired) electrons. The fraction of sp³-hybridized carbons (Fsp3) is 0.267. The van der Waals surface area contributed by atoms with E-state index in [1.165, 1.54) is 12.1 Å². The molecule has 1 aromatic rings. The Bertz CT molecular complexity index is 608. The summed E-state index contributed by atoms with van der Waals surface area (Å²) in [4.78, 5) is 34.5. The molecule has 0 fully saturated rings. The molecule has 0 heterocycles. The highest BCUT2D eigenvalue weighted by atomic mass is 16.4. The summed E-state index contributed by atoms with van der Waals surface area (Å²) < 4.78 is 0. The summed E-state index contributed by atoms with van der Waals surface area (Å²) in [5.74, 6) is -4.13. The molecule has 0 aromatic heterocycles. The van der Waals surface area contributed by atoms with Crippen molar-refractivity contribution in [3.63, 3.8) is 0 Å². The third-order valence-electron chi connectivity index (χ3n) is 3.50. The number of amides is 1. The van der Waals surface area contributed by atoms with Gasteiger partial charge in [-0.25, -0.2) is 4.79 Å². The van der Waals surface area contributed by atoms with Gasteiger partial charge in [0.15, 0.2) is 0 Å². The standard InChI is InChI=1S/C15H15NO5/c17-13(9-5-1-2-6-10(9)14(18)19)16-12-8-4-3-7-11(12)15(20)21/h1-4,7-10H,5-6H2,(H,16,17)(H,18,19)(H,20,21)/t9-,10+/m0/s1. The third-order valence-corrected chi connectivity index (χ3v) is 3.50. The van der Waals surface area contributed by atoms with Gasteiger partial charge in [-0.3, -0.25) is 9.59 Å². The number of carbonyl (C=O) groups is 3. The largest absolute Gasteiger partial charge is 0.481 e. The molecule has 0 aliphatic heterocycles. The van der Waals surface area contributed by atoms with Gasteiger partial charge in [-0.2, -0.15) is 0 Å². The van der Waals surface area contributed by atoms with E-state index >= 15 is 0 Å². The van der Waals surface area contributed by atoms with Gasteiger partial charge in [-0.1, -0.05) is 24.3 Å². The molecule has 6 heteroatoms. The molecule has 3 N–H and O–H groups in total. The van der Waals surface area contributed by atoms with Gasteiger partial charge in [0, 0.05) is 0 Å². The zero-order chi connectivity index (χ0) is 15.4. The van der Waals surface area contributed by atoms with Gasteiger partial charge < -0.3 is 15.5 Å². The van der Waals surface area contributed by atoms with E-state index < -0.39 is 29.7 Å². The van der Waals surface area contributed by atoms with Crippen LogP contribution < -0.4 is 5.32 Å². The van der Waals surface area contributed by atoms with Crippen LogP contribution in [0.2, 0.25) is 0 Å². The Morgan fingerprint density at radius 1 is 1.00 bits per heavy atom. The lowest BCUT2D eigenvalue weighted by molar-refractivity contribution is -0.146. The van der Waals surface area contributed by atoms with E-state index in [1.807, 2.05) is 0 Å². The van der Waals surface area contributed by atoms with Crippen LogP contribution >= 0.6 is 0 Å². The van der Waals surface area contributed by atoms with E-state index in [1.54, 1.807) is 24.3 Å². The van der Waals surface area contributed by atoms with E-state index in [9.17, 15) is 14.4 Å². The van der Waals surface area contributed by atoms with Crippen molar-refractivity contribution in [3.05, 3.63) is 42.0 Å². The van der Waals surface area contributed by atoms with Crippen molar-refractivity contribution in [3.8, 4) is 0 Å². The highest BCUT2D eigenvalue weighted by molar-refractivity contribution is 6.02. The Kier molecular flexibility index (Phi) is 4.37. The highest BCUT2D eigenvalue weighted by Gasteiger charge is 2.34. The Morgan fingerprint density at radius 3 is 2.24 bits per heavy atom. The maximum absolute atomic E-state index is 12.3. The minimum Gasteiger partial charge on any atom is -0.481 e. The van der Waals surface area contributed by atoms with E-state index in [-0.39, 0.29) is 11.3 Å². The number of anilines is 1. The Labute approximate surface area is 121 Å². The first kappa shape index (κ1) is 14.8. The van der Waals surface area contributed by atoms with E-state index in [0.717, 1.165) is 0 Å². The van der Waals surface area contributed by atoms with Crippen LogP contribution in [-0.2, 0) is 9.59 Å². The zero-order valence-electron chi connectivity index (χ0n) is 11.2. The number of para-hydroxylation sites is 1. The molecule has 2 rings (SSSR count). The number of aliphatic carboxylic acids is 1. The fourth-order valence-corrected chi connectivity index (χ4v) is 2.38. The van der Waals surface area contributed by atoms with Crippen LogP contribution in [0.25, 0.3) is 0 Å². The minimum atomic E-state index is -1.15. The predicted molar refractivity (Wildman–Crippen MR) is 75.0 cm³/mol. The number of aromatic carboxylic acids is 1. The molecule has 21 heavy (non-hydrogen) atoms. The molecule has 1 aliphatic carbocycles. The molecule has 0 bridgehead atoms. The van der Waals surface area contributed by atoms with Crippen LogP contribution in [0.1, 0.15) is 23.2 Å². The number of allylic oxidation sites excluding steroid dienone is 2. The molecule has 0 unspecified atom stereocenters. The number of hydrogen-bond acceptors (Lipinski definition) is 3. The molecule has 110 valence electrons. The highest BCUT2D eigenvalue weighted by Crippen LogP contribution is 2.27. The Hall–Kier alpha value is -2.63. The summed E-state index contributed by atoms with van der Waals surface area (Å²) in [6.07, 6.45) is 4.15. The van der Waals surface area contributed by atoms with Crippen molar-refractivity contribution in [2.75, 3.05) is 5.32 Å². The van der Waals surface area contributed by atoms with Gasteiger partial charge in [-0.15, -0.1) is 0 Å². The summed E-state index contributed by atoms with van der Waals surface area (Å²) >= 11 is 0. The number of nitrogens with one attached hydrogen (secondary N) is 1. The van der Waals surface area contributed by atoms with Crippen molar-refractivity contribution in [2.24, 2.45) is 11.8 Å². The van der Waals surface area contributed by atoms with E-state index in [4.69, 9.17) is 10.2 Å². The lowest BCUT2D eigenvalue weighted by atomic mass is 9.82. The topological polar surface area (TPSA) is 104 Å². The average Bonchev–Trinajstić information content (AvgIpc) is 2.47. The van der Waals surface area contributed by atoms with Crippen LogP contribution in [0.15, 0.2) is 36.4 Å². The number of rotatable bonds is 4. The SMILES string of the molecule is O=C(O)c1ccccc1NC(=O)[C@H]1CC=CC[C@H]1C(=O)O. The number of hydrogen-bond donors (Lipinski definition) is 3. The Morgan fingerprint density at radius 2 is 1.62 bits per heavy atom. The molecular formula is C15H15NO5. The summed E-state index contributed by atoms with van der Waals surface area (Å²) in [7, 11) is 0. The van der Waals surface area contributed by atoms with Gasteiger partial charge in [0.1, 0.15) is 0 Å². The number of carboxylic acids is 2. The lowest BCUT2D eigenvalue weighted by Gasteiger charge is -2.24. The van der Waals surface area contributed by atoms with Crippen LogP contribution in [0.5, 0.6) is 0 Å². The summed E-state index contributed by atoms with van der Waals surface area (Å²) in [5, 5.41) is 20.8. The third kappa shape index (κ3) is 3.28. The molecule has 0 spiro atoms. The van der Waals surface area contributed by atoms with Crippen molar-refractivity contribution < 1.29 is 24.6 Å². The summed E-state index contributed by atoms with van der Waals surface area (Å²) in [5.41, 5.74) is 0.151. The van der Waals surface area contributed by atoms with Crippen LogP contribution in [0.3, 0.4) is 0 Å². The maximum atomic E-state index is 12.3. The predicted octanol–water partition coefficient (Wildman–Crippen LogP) is 1.99. The van der Waals surface area contributed by atoms with E-state index in [2.05, 4.69) is 5.32 Å². The van der Waals surface area contributed by atoms with E-state index in [0.29, 0.717) is 12.8 Å². The Balaban J connectivity index is 2.20. The van der Waals surface area contributed by atoms with Crippen LogP contribution in [0, 0.1) is 11.8 Å². The van der Waals surface area contributed by atoms with Gasteiger partial charge in [0.2, 0.25) is 5.91 Å². The number of carboxylic acid groups (broad SMARTS) is 2. The normalized spacial score (nSPS) is 20.8. The minimum absolute atomic E-state index is 0.0240. The van der Waals surface area contributed by atoms with Gasteiger partial charge in [-0.05, 0) is 25.0 Å². The molecule has 0 saturated heterocycles. The second kappa shape index (κ2) is 6.21. The molecule has 1 aromatic carbocycles. The first-order valence-electron chi connectivity index (χ1n) is 6.51. The zero-order valence-corrected chi connectivity index (χ0v) is 11.2. The monoisotopic (exact) mass is 289 g/mol. The van der Waals surface area contributed by atoms with Crippen molar-refractivity contribution in [2.45, 2.75) is 12.8 Å². The van der Waals surface area contributed by atoms with Crippen LogP contribution in [-0.4, -0.2) is 28.1 Å². The van der Waals surface area contributed by atoms with Gasteiger partial charge >= 0.3 is 11.9 Å². The smallest absolute Gasteiger partial charge is 0.337 e. The number of carbonyl (C=O) groups excluding carboxylic acids is 1. The average molecular weight is 289 g/mol. The maximum Gasteiger partial charge on any atom is 0.337 e. The molecule has 6 nitrogen and oxygen atoms in total. The summed E-state index contributed by atoms with van der Waals surface area (Å²) in [6, 6.07) is 6.03. The van der Waals surface area contributed by atoms with Crippen LogP contribution in [0.4, 0.5) is 5.69 Å². The molecular weight excluding hydrogens is 274 g/mol.